The van der Waals surface area contributed by atoms with Crippen molar-refractivity contribution in [2.24, 2.45) is 0 Å². The molecule has 1 atom stereocenters. The Labute approximate surface area is 106 Å². The zero-order valence-electron chi connectivity index (χ0n) is 10.5. The molecule has 0 aliphatic carbocycles. The third-order valence-corrected chi connectivity index (χ3v) is 2.29. The summed E-state index contributed by atoms with van der Waals surface area (Å²) in [6.07, 6.45) is 0.203. The highest BCUT2D eigenvalue weighted by Gasteiger charge is 2.14. The predicted molar refractivity (Wildman–Crippen MR) is 65.7 cm³/mol. The molecule has 0 heterocycles. The number of hydrogen-bond donors (Lipinski definition) is 2. The molecule has 18 heavy (non-hydrogen) atoms. The van der Waals surface area contributed by atoms with Crippen molar-refractivity contribution < 1.29 is 14.7 Å². The first-order chi connectivity index (χ1) is 8.49. The van der Waals surface area contributed by atoms with E-state index in [1.54, 1.807) is 26.0 Å². The zero-order chi connectivity index (χ0) is 13.5. The molecule has 0 aliphatic rings. The van der Waals surface area contributed by atoms with Gasteiger partial charge in [-0.3, -0.25) is 0 Å². The molecular formula is C13H17N2O3-. The van der Waals surface area contributed by atoms with Crippen LogP contribution < -0.4 is 15.7 Å². The largest absolute Gasteiger partial charge is 0.548 e. The van der Waals surface area contributed by atoms with Crippen LogP contribution in [0.1, 0.15) is 19.4 Å². The van der Waals surface area contributed by atoms with E-state index in [1.165, 1.54) is 0 Å². The smallest absolute Gasteiger partial charge is 0.315 e. The average molecular weight is 249 g/mol. The number of aliphatic carboxylic acids is 1. The fourth-order valence-corrected chi connectivity index (χ4v) is 1.51. The second kappa shape index (κ2) is 6.64. The fourth-order valence-electron chi connectivity index (χ4n) is 1.51. The van der Waals surface area contributed by atoms with Crippen LogP contribution in [0.3, 0.4) is 0 Å². The quantitative estimate of drug-likeness (QED) is 0.774. The van der Waals surface area contributed by atoms with Crippen LogP contribution in [0.4, 0.5) is 4.79 Å². The molecule has 0 radical (unpaired) electrons. The van der Waals surface area contributed by atoms with Gasteiger partial charge in [0.25, 0.3) is 0 Å². The number of benzene rings is 1. The van der Waals surface area contributed by atoms with Gasteiger partial charge < -0.3 is 20.5 Å². The molecule has 5 nitrogen and oxygen atoms in total. The lowest BCUT2D eigenvalue weighted by Crippen LogP contribution is -2.53. The number of nitrogens with one attached hydrogen (secondary N) is 2. The summed E-state index contributed by atoms with van der Waals surface area (Å²) in [5, 5.41) is 15.9. The van der Waals surface area contributed by atoms with Crippen LogP contribution >= 0.6 is 0 Å². The Hall–Kier alpha value is -2.04. The molecule has 0 bridgehead atoms. The van der Waals surface area contributed by atoms with Gasteiger partial charge in [-0.1, -0.05) is 30.3 Å². The highest BCUT2D eigenvalue weighted by atomic mass is 16.4. The number of carboxylic acid groups (broad SMARTS) is 1. The summed E-state index contributed by atoms with van der Waals surface area (Å²) >= 11 is 0. The van der Waals surface area contributed by atoms with Gasteiger partial charge in [-0.2, -0.15) is 0 Å². The second-order valence-corrected chi connectivity index (χ2v) is 4.33. The summed E-state index contributed by atoms with van der Waals surface area (Å²) in [5.74, 6) is -1.29. The Kier molecular flexibility index (Phi) is 5.17. The first kappa shape index (κ1) is 14.0. The van der Waals surface area contributed by atoms with Gasteiger partial charge >= 0.3 is 6.03 Å². The van der Waals surface area contributed by atoms with Gasteiger partial charge in [0.05, 0.1) is 12.0 Å². The van der Waals surface area contributed by atoms with Crippen molar-refractivity contribution in [3.63, 3.8) is 0 Å². The van der Waals surface area contributed by atoms with Gasteiger partial charge in [0.15, 0.2) is 0 Å². The maximum atomic E-state index is 11.4. The molecule has 0 fully saturated rings. The molecule has 0 spiro atoms. The van der Waals surface area contributed by atoms with Crippen LogP contribution in [0.5, 0.6) is 0 Å². The number of urea groups is 1. The Morgan fingerprint density at radius 2 is 1.78 bits per heavy atom. The van der Waals surface area contributed by atoms with E-state index in [0.717, 1.165) is 5.56 Å². The number of carbonyl (C=O) groups is 2. The van der Waals surface area contributed by atoms with Crippen molar-refractivity contribution in [1.29, 1.82) is 0 Å². The molecule has 1 aromatic rings. The van der Waals surface area contributed by atoms with Crippen molar-refractivity contribution >= 4 is 12.0 Å². The summed E-state index contributed by atoms with van der Waals surface area (Å²) < 4.78 is 0. The first-order valence-electron chi connectivity index (χ1n) is 5.81. The minimum absolute atomic E-state index is 0.0517. The van der Waals surface area contributed by atoms with Gasteiger partial charge in [-0.15, -0.1) is 0 Å². The van der Waals surface area contributed by atoms with Crippen LogP contribution in [0, 0.1) is 0 Å². The van der Waals surface area contributed by atoms with E-state index in [2.05, 4.69) is 10.6 Å². The zero-order valence-corrected chi connectivity index (χ0v) is 10.5. The minimum Gasteiger partial charge on any atom is -0.548 e. The van der Waals surface area contributed by atoms with E-state index in [1.807, 2.05) is 18.2 Å². The van der Waals surface area contributed by atoms with Gasteiger partial charge in [-0.05, 0) is 25.8 Å². The molecule has 0 saturated heterocycles. The van der Waals surface area contributed by atoms with Gasteiger partial charge in [0.2, 0.25) is 0 Å². The topological polar surface area (TPSA) is 81.3 Å². The van der Waals surface area contributed by atoms with E-state index in [9.17, 15) is 14.7 Å². The standard InChI is InChI=1S/C13H18N2O3/c1-9(2)14-13(18)15-11(12(16)17)8-10-6-4-3-5-7-10/h3-7,9,11H,8H2,1-2H3,(H,16,17)(H2,14,15,18)/p-1/t11-/m0/s1. The van der Waals surface area contributed by atoms with Crippen LogP contribution in [-0.4, -0.2) is 24.1 Å². The van der Waals surface area contributed by atoms with E-state index < -0.39 is 18.0 Å². The Morgan fingerprint density at radius 1 is 1.17 bits per heavy atom. The number of hydrogen-bond acceptors (Lipinski definition) is 3. The molecule has 0 aromatic heterocycles. The predicted octanol–water partition coefficient (Wildman–Crippen LogP) is 0.0552. The third kappa shape index (κ3) is 4.86. The number of amides is 2. The normalized spacial score (nSPS) is 11.9. The van der Waals surface area contributed by atoms with Crippen LogP contribution in [0.2, 0.25) is 0 Å². The van der Waals surface area contributed by atoms with E-state index in [0.29, 0.717) is 0 Å². The number of carboxylic acids is 1. The first-order valence-corrected chi connectivity index (χ1v) is 5.81. The Morgan fingerprint density at radius 3 is 2.28 bits per heavy atom. The summed E-state index contributed by atoms with van der Waals surface area (Å²) in [5.41, 5.74) is 0.830. The third-order valence-electron chi connectivity index (χ3n) is 2.29. The highest BCUT2D eigenvalue weighted by molar-refractivity contribution is 5.81. The molecule has 1 aromatic carbocycles. The molecule has 2 N–H and O–H groups in total. The number of carbonyl (C=O) groups excluding carboxylic acids is 2. The van der Waals surface area contributed by atoms with Gasteiger partial charge in [-0.25, -0.2) is 4.79 Å². The van der Waals surface area contributed by atoms with Crippen molar-refractivity contribution in [3.8, 4) is 0 Å². The van der Waals surface area contributed by atoms with E-state index >= 15 is 0 Å². The molecule has 98 valence electrons. The molecule has 2 amide bonds. The molecule has 0 unspecified atom stereocenters. The van der Waals surface area contributed by atoms with Crippen molar-refractivity contribution in [2.75, 3.05) is 0 Å². The SMILES string of the molecule is CC(C)NC(=O)N[C@@H](Cc1ccccc1)C(=O)[O-]. The monoisotopic (exact) mass is 249 g/mol. The Bertz CT molecular complexity index is 404. The summed E-state index contributed by atoms with van der Waals surface area (Å²) in [6, 6.07) is 7.49. The molecule has 0 saturated carbocycles. The van der Waals surface area contributed by atoms with Crippen LogP contribution in [0.25, 0.3) is 0 Å². The second-order valence-electron chi connectivity index (χ2n) is 4.33. The maximum absolute atomic E-state index is 11.4. The molecule has 5 heteroatoms. The lowest BCUT2D eigenvalue weighted by Gasteiger charge is -2.21. The average Bonchev–Trinajstić information content (AvgIpc) is 2.28. The Balaban J connectivity index is 2.61. The van der Waals surface area contributed by atoms with Crippen molar-refractivity contribution in [1.82, 2.24) is 10.6 Å². The summed E-state index contributed by atoms with van der Waals surface area (Å²) in [6.45, 7) is 3.59. The minimum atomic E-state index is -1.29. The fraction of sp³-hybridized carbons (Fsp3) is 0.385. The molecule has 0 aliphatic heterocycles. The molecule has 1 rings (SSSR count). The van der Waals surface area contributed by atoms with Crippen molar-refractivity contribution in [3.05, 3.63) is 35.9 Å². The van der Waals surface area contributed by atoms with Crippen molar-refractivity contribution in [2.45, 2.75) is 32.4 Å². The van der Waals surface area contributed by atoms with E-state index in [4.69, 9.17) is 0 Å². The highest BCUT2D eigenvalue weighted by Crippen LogP contribution is 2.02. The van der Waals surface area contributed by atoms with Gasteiger partial charge in [0, 0.05) is 6.04 Å². The lowest BCUT2D eigenvalue weighted by molar-refractivity contribution is -0.308. The van der Waals surface area contributed by atoms with Crippen LogP contribution in [-0.2, 0) is 11.2 Å². The van der Waals surface area contributed by atoms with Gasteiger partial charge in [0.1, 0.15) is 0 Å². The summed E-state index contributed by atoms with van der Waals surface area (Å²) in [4.78, 5) is 22.4. The molecular weight excluding hydrogens is 232 g/mol. The lowest BCUT2D eigenvalue weighted by atomic mass is 10.1. The van der Waals surface area contributed by atoms with Crippen LogP contribution in [0.15, 0.2) is 30.3 Å². The van der Waals surface area contributed by atoms with E-state index in [-0.39, 0.29) is 12.5 Å². The summed E-state index contributed by atoms with van der Waals surface area (Å²) in [7, 11) is 0. The maximum Gasteiger partial charge on any atom is 0.315 e. The number of rotatable bonds is 5.